The first kappa shape index (κ1) is 20.4. The van der Waals surface area contributed by atoms with Gasteiger partial charge in [0.05, 0.1) is 11.7 Å². The molecule has 0 radical (unpaired) electrons. The largest absolute Gasteiger partial charge is 0.334 e. The number of pyridine rings is 1. The maximum atomic E-state index is 13.4. The van der Waals surface area contributed by atoms with Gasteiger partial charge in [0.1, 0.15) is 12.4 Å². The minimum absolute atomic E-state index is 0.0527. The van der Waals surface area contributed by atoms with E-state index < -0.39 is 0 Å². The fourth-order valence-corrected chi connectivity index (χ4v) is 4.73. The topological polar surface area (TPSA) is 51.0 Å². The van der Waals surface area contributed by atoms with Gasteiger partial charge in [0.25, 0.3) is 0 Å². The average molecular weight is 429 g/mol. The number of benzene rings is 2. The molecular formula is C26H25FN4O. The van der Waals surface area contributed by atoms with Crippen molar-refractivity contribution in [1.29, 1.82) is 0 Å². The number of likely N-dealkylation sites (tertiary alicyclic amines) is 1. The number of aromatic nitrogens is 3. The van der Waals surface area contributed by atoms with Crippen molar-refractivity contribution in [3.05, 3.63) is 83.9 Å². The van der Waals surface area contributed by atoms with Crippen LogP contribution in [0.15, 0.2) is 66.9 Å². The number of carbonyl (C=O) groups excluding carboxylic acids is 1. The Morgan fingerprint density at radius 3 is 2.62 bits per heavy atom. The summed E-state index contributed by atoms with van der Waals surface area (Å²) in [5, 5.41) is 5.55. The van der Waals surface area contributed by atoms with E-state index in [1.165, 1.54) is 17.7 Å². The molecule has 1 unspecified atom stereocenters. The van der Waals surface area contributed by atoms with Crippen LogP contribution in [0.4, 0.5) is 4.39 Å². The number of carbonyl (C=O) groups is 1. The van der Waals surface area contributed by atoms with Gasteiger partial charge in [0.15, 0.2) is 5.65 Å². The highest BCUT2D eigenvalue weighted by atomic mass is 19.1. The summed E-state index contributed by atoms with van der Waals surface area (Å²) in [5.74, 6) is -0.219. The van der Waals surface area contributed by atoms with E-state index in [2.05, 4.69) is 22.2 Å². The number of fused-ring (bicyclic) bond motifs is 1. The standard InChI is InChI=1S/C26H25FN4O/c1-18-25-22(19-10-12-21(27)13-11-19)14-15-28-26(25)31(29-18)17-24(32)30-16-6-5-9-23(30)20-7-3-2-4-8-20/h2-4,7-8,10-15,23H,5-6,9,16-17H2,1H3. The van der Waals surface area contributed by atoms with Crippen LogP contribution in [0.2, 0.25) is 0 Å². The summed E-state index contributed by atoms with van der Waals surface area (Å²) >= 11 is 0. The summed E-state index contributed by atoms with van der Waals surface area (Å²) in [5.41, 5.74) is 4.49. The molecular weight excluding hydrogens is 403 g/mol. The lowest BCUT2D eigenvalue weighted by molar-refractivity contribution is -0.135. The van der Waals surface area contributed by atoms with Crippen molar-refractivity contribution in [3.63, 3.8) is 0 Å². The molecule has 162 valence electrons. The molecule has 0 bridgehead atoms. The second-order valence-corrected chi connectivity index (χ2v) is 8.32. The predicted molar refractivity (Wildman–Crippen MR) is 122 cm³/mol. The molecule has 1 amide bonds. The van der Waals surface area contributed by atoms with Crippen molar-refractivity contribution in [2.75, 3.05) is 6.54 Å². The number of aryl methyl sites for hydroxylation is 1. The Morgan fingerprint density at radius 1 is 1.06 bits per heavy atom. The number of hydrogen-bond acceptors (Lipinski definition) is 3. The highest BCUT2D eigenvalue weighted by molar-refractivity contribution is 5.95. The zero-order valence-electron chi connectivity index (χ0n) is 18.0. The van der Waals surface area contributed by atoms with Crippen LogP contribution in [0.5, 0.6) is 0 Å². The Hall–Kier alpha value is -3.54. The molecule has 1 atom stereocenters. The highest BCUT2D eigenvalue weighted by Gasteiger charge is 2.28. The lowest BCUT2D eigenvalue weighted by atomic mass is 9.95. The van der Waals surface area contributed by atoms with Gasteiger partial charge < -0.3 is 4.90 Å². The van der Waals surface area contributed by atoms with Gasteiger partial charge in [-0.2, -0.15) is 5.10 Å². The van der Waals surface area contributed by atoms with Crippen LogP contribution >= 0.6 is 0 Å². The second-order valence-electron chi connectivity index (χ2n) is 8.32. The van der Waals surface area contributed by atoms with E-state index in [-0.39, 0.29) is 24.3 Å². The number of hydrogen-bond donors (Lipinski definition) is 0. The summed E-state index contributed by atoms with van der Waals surface area (Å²) in [6.07, 6.45) is 4.83. The first-order valence-corrected chi connectivity index (χ1v) is 11.0. The molecule has 1 aliphatic heterocycles. The zero-order valence-corrected chi connectivity index (χ0v) is 18.0. The fraction of sp³-hybridized carbons (Fsp3) is 0.269. The monoisotopic (exact) mass is 428 g/mol. The summed E-state index contributed by atoms with van der Waals surface area (Å²) in [6.45, 7) is 2.82. The van der Waals surface area contributed by atoms with Crippen molar-refractivity contribution in [3.8, 4) is 11.1 Å². The van der Waals surface area contributed by atoms with Crippen LogP contribution in [0.1, 0.15) is 36.6 Å². The highest BCUT2D eigenvalue weighted by Crippen LogP contribution is 2.32. The van der Waals surface area contributed by atoms with E-state index in [9.17, 15) is 9.18 Å². The van der Waals surface area contributed by atoms with E-state index >= 15 is 0 Å². The molecule has 2 aromatic heterocycles. The van der Waals surface area contributed by atoms with Crippen molar-refractivity contribution in [1.82, 2.24) is 19.7 Å². The molecule has 1 fully saturated rings. The summed E-state index contributed by atoms with van der Waals surface area (Å²) in [7, 11) is 0. The predicted octanol–water partition coefficient (Wildman–Crippen LogP) is 5.30. The minimum atomic E-state index is -0.272. The number of nitrogens with zero attached hydrogens (tertiary/aromatic N) is 4. The van der Waals surface area contributed by atoms with E-state index in [0.717, 1.165) is 48.0 Å². The molecule has 6 heteroatoms. The Balaban J connectivity index is 1.47. The van der Waals surface area contributed by atoms with E-state index in [0.29, 0.717) is 5.65 Å². The summed E-state index contributed by atoms with van der Waals surface area (Å²) < 4.78 is 15.1. The molecule has 4 aromatic rings. The molecule has 0 spiro atoms. The van der Waals surface area contributed by atoms with Crippen LogP contribution in [0.25, 0.3) is 22.2 Å². The first-order valence-electron chi connectivity index (χ1n) is 11.0. The quantitative estimate of drug-likeness (QED) is 0.443. The van der Waals surface area contributed by atoms with Gasteiger partial charge in [0, 0.05) is 18.1 Å². The zero-order chi connectivity index (χ0) is 22.1. The molecule has 5 rings (SSSR count). The number of rotatable bonds is 4. The maximum absolute atomic E-state index is 13.4. The third-order valence-corrected chi connectivity index (χ3v) is 6.26. The van der Waals surface area contributed by atoms with Crippen LogP contribution in [-0.4, -0.2) is 32.1 Å². The van der Waals surface area contributed by atoms with E-state index in [1.54, 1.807) is 23.0 Å². The smallest absolute Gasteiger partial charge is 0.244 e. The van der Waals surface area contributed by atoms with Gasteiger partial charge in [-0.3, -0.25) is 4.79 Å². The van der Waals surface area contributed by atoms with E-state index in [4.69, 9.17) is 0 Å². The molecule has 1 saturated heterocycles. The molecule has 0 saturated carbocycles. The van der Waals surface area contributed by atoms with Crippen molar-refractivity contribution < 1.29 is 9.18 Å². The van der Waals surface area contributed by atoms with Crippen LogP contribution in [0, 0.1) is 12.7 Å². The average Bonchev–Trinajstić information content (AvgIpc) is 3.15. The van der Waals surface area contributed by atoms with Crippen molar-refractivity contribution in [2.24, 2.45) is 0 Å². The molecule has 32 heavy (non-hydrogen) atoms. The number of amides is 1. The molecule has 3 heterocycles. The van der Waals surface area contributed by atoms with Crippen LogP contribution in [0.3, 0.4) is 0 Å². The van der Waals surface area contributed by atoms with Gasteiger partial charge in [0.2, 0.25) is 5.91 Å². The van der Waals surface area contributed by atoms with Gasteiger partial charge in [-0.15, -0.1) is 0 Å². The molecule has 5 nitrogen and oxygen atoms in total. The minimum Gasteiger partial charge on any atom is -0.334 e. The number of halogens is 1. The third kappa shape index (κ3) is 3.77. The van der Waals surface area contributed by atoms with Gasteiger partial charge in [-0.25, -0.2) is 14.1 Å². The number of piperidine rings is 1. The second kappa shape index (κ2) is 8.54. The summed E-state index contributed by atoms with van der Waals surface area (Å²) in [4.78, 5) is 19.9. The molecule has 0 aliphatic carbocycles. The van der Waals surface area contributed by atoms with Gasteiger partial charge in [-0.05, 0) is 61.1 Å². The molecule has 2 aromatic carbocycles. The van der Waals surface area contributed by atoms with Gasteiger partial charge in [-0.1, -0.05) is 42.5 Å². The Labute approximate surface area is 186 Å². The Morgan fingerprint density at radius 2 is 1.84 bits per heavy atom. The van der Waals surface area contributed by atoms with Crippen molar-refractivity contribution >= 4 is 16.9 Å². The Bertz CT molecular complexity index is 1250. The maximum Gasteiger partial charge on any atom is 0.244 e. The van der Waals surface area contributed by atoms with Crippen molar-refractivity contribution in [2.45, 2.75) is 38.8 Å². The fourth-order valence-electron chi connectivity index (χ4n) is 4.73. The lowest BCUT2D eigenvalue weighted by Crippen LogP contribution is -2.40. The van der Waals surface area contributed by atoms with Crippen LogP contribution in [-0.2, 0) is 11.3 Å². The van der Waals surface area contributed by atoms with Gasteiger partial charge >= 0.3 is 0 Å². The molecule has 0 N–H and O–H groups in total. The first-order chi connectivity index (χ1) is 15.6. The normalized spacial score (nSPS) is 16.4. The lowest BCUT2D eigenvalue weighted by Gasteiger charge is -2.36. The molecule has 1 aliphatic rings. The van der Waals surface area contributed by atoms with E-state index in [1.807, 2.05) is 36.1 Å². The third-order valence-electron chi connectivity index (χ3n) is 6.26. The SMILES string of the molecule is Cc1nn(CC(=O)N2CCCCC2c2ccccc2)c2nccc(-c3ccc(F)cc3)c12. The summed E-state index contributed by atoms with van der Waals surface area (Å²) in [6, 6.07) is 18.7. The van der Waals surface area contributed by atoms with Crippen LogP contribution < -0.4 is 0 Å². The Kier molecular flexibility index (Phi) is 5.43.